The number of hydrogen-bond donors (Lipinski definition) is 2. The van der Waals surface area contributed by atoms with Crippen molar-refractivity contribution in [2.45, 2.75) is 30.6 Å². The Kier molecular flexibility index (Phi) is 6.53. The quantitative estimate of drug-likeness (QED) is 0.589. The number of anilines is 1. The number of amides is 1. The molecule has 6 nitrogen and oxygen atoms in total. The molecule has 0 bridgehead atoms. The number of rotatable bonds is 7. The molecule has 108 valence electrons. The first-order valence-electron chi connectivity index (χ1n) is 5.91. The van der Waals surface area contributed by atoms with Crippen molar-refractivity contribution >= 4 is 34.1 Å². The number of thioether (sulfide) groups is 1. The fourth-order valence-corrected chi connectivity index (χ4v) is 2.90. The third-order valence-corrected chi connectivity index (χ3v) is 3.82. The summed E-state index contributed by atoms with van der Waals surface area (Å²) in [5, 5.41) is 14.8. The van der Waals surface area contributed by atoms with Crippen LogP contribution < -0.4 is 10.6 Å². The Morgan fingerprint density at radius 1 is 1.42 bits per heavy atom. The topological polar surface area (TPSA) is 76.1 Å². The summed E-state index contributed by atoms with van der Waals surface area (Å²) in [5.41, 5.74) is -0.0427. The van der Waals surface area contributed by atoms with Gasteiger partial charge in [0.2, 0.25) is 11.0 Å². The third kappa shape index (κ3) is 7.34. The van der Waals surface area contributed by atoms with Crippen molar-refractivity contribution in [3.63, 3.8) is 0 Å². The van der Waals surface area contributed by atoms with Crippen molar-refractivity contribution in [3.8, 4) is 0 Å². The van der Waals surface area contributed by atoms with Gasteiger partial charge in [0.15, 0.2) is 4.34 Å². The van der Waals surface area contributed by atoms with Gasteiger partial charge in [0, 0.05) is 19.2 Å². The van der Waals surface area contributed by atoms with Crippen molar-refractivity contribution in [3.05, 3.63) is 0 Å². The molecule has 0 aromatic carbocycles. The van der Waals surface area contributed by atoms with E-state index in [1.54, 1.807) is 7.11 Å². The summed E-state index contributed by atoms with van der Waals surface area (Å²) in [7, 11) is 1.60. The Hall–Kier alpha value is -0.860. The van der Waals surface area contributed by atoms with Crippen LogP contribution in [0.4, 0.5) is 5.13 Å². The van der Waals surface area contributed by atoms with Gasteiger partial charge < -0.3 is 15.4 Å². The molecule has 0 spiro atoms. The zero-order chi connectivity index (χ0) is 14.3. The van der Waals surface area contributed by atoms with Gasteiger partial charge in [-0.3, -0.25) is 4.79 Å². The van der Waals surface area contributed by atoms with Gasteiger partial charge >= 0.3 is 0 Å². The monoisotopic (exact) mass is 304 g/mol. The molecule has 0 aliphatic heterocycles. The molecule has 0 saturated heterocycles. The highest BCUT2D eigenvalue weighted by Gasteiger charge is 2.13. The van der Waals surface area contributed by atoms with E-state index >= 15 is 0 Å². The molecule has 0 unspecified atom stereocenters. The van der Waals surface area contributed by atoms with Crippen LogP contribution in [0.25, 0.3) is 0 Å². The first kappa shape index (κ1) is 16.2. The summed E-state index contributed by atoms with van der Waals surface area (Å²) in [5.74, 6) is 0.316. The Balaban J connectivity index is 2.32. The number of hydrogen-bond acceptors (Lipinski definition) is 7. The van der Waals surface area contributed by atoms with Crippen LogP contribution >= 0.6 is 23.1 Å². The number of nitrogens with one attached hydrogen (secondary N) is 2. The number of nitrogens with zero attached hydrogens (tertiary/aromatic N) is 2. The lowest BCUT2D eigenvalue weighted by Crippen LogP contribution is -2.28. The normalized spacial score (nSPS) is 11.4. The summed E-state index contributed by atoms with van der Waals surface area (Å²) in [4.78, 5) is 11.5. The van der Waals surface area contributed by atoms with Crippen LogP contribution in [0, 0.1) is 0 Å². The van der Waals surface area contributed by atoms with E-state index in [2.05, 4.69) is 41.6 Å². The van der Waals surface area contributed by atoms with E-state index in [0.717, 1.165) is 9.47 Å². The molecule has 0 atom stereocenters. The molecule has 0 fully saturated rings. The first-order chi connectivity index (χ1) is 8.90. The number of carbonyl (C=O) groups excluding carboxylic acids is 1. The maximum absolute atomic E-state index is 11.5. The molecule has 0 radical (unpaired) electrons. The number of methoxy groups -OCH3 is 1. The predicted molar refractivity (Wildman–Crippen MR) is 78.9 cm³/mol. The fraction of sp³-hybridized carbons (Fsp3) is 0.727. The summed E-state index contributed by atoms with van der Waals surface area (Å²) < 4.78 is 5.64. The molecule has 1 aromatic heterocycles. The van der Waals surface area contributed by atoms with Gasteiger partial charge in [-0.2, -0.15) is 0 Å². The maximum atomic E-state index is 11.5. The van der Waals surface area contributed by atoms with Crippen LogP contribution in [0.2, 0.25) is 0 Å². The summed E-state index contributed by atoms with van der Waals surface area (Å²) in [6.07, 6.45) is 0. The minimum Gasteiger partial charge on any atom is -0.383 e. The second-order valence-corrected chi connectivity index (χ2v) is 7.08. The van der Waals surface area contributed by atoms with Gasteiger partial charge in [-0.25, -0.2) is 0 Å². The molecular weight excluding hydrogens is 284 g/mol. The Bertz CT molecular complexity index is 404. The second-order valence-electron chi connectivity index (χ2n) is 4.88. The van der Waals surface area contributed by atoms with Gasteiger partial charge in [-0.1, -0.05) is 23.1 Å². The highest BCUT2D eigenvalue weighted by molar-refractivity contribution is 8.01. The zero-order valence-electron chi connectivity index (χ0n) is 11.6. The maximum Gasteiger partial charge on any atom is 0.230 e. The molecule has 8 heteroatoms. The molecule has 19 heavy (non-hydrogen) atoms. The lowest BCUT2D eigenvalue weighted by Gasteiger charge is -2.18. The highest BCUT2D eigenvalue weighted by atomic mass is 32.2. The minimum absolute atomic E-state index is 0.0254. The first-order valence-corrected chi connectivity index (χ1v) is 7.71. The van der Waals surface area contributed by atoms with E-state index in [1.165, 1.54) is 23.1 Å². The lowest BCUT2D eigenvalue weighted by atomic mass is 10.1. The predicted octanol–water partition coefficient (Wildman–Crippen LogP) is 1.60. The van der Waals surface area contributed by atoms with Crippen molar-refractivity contribution in [1.29, 1.82) is 0 Å². The van der Waals surface area contributed by atoms with Crippen molar-refractivity contribution in [2.75, 3.05) is 31.3 Å². The third-order valence-electron chi connectivity index (χ3n) is 1.84. The van der Waals surface area contributed by atoms with Gasteiger partial charge in [-0.15, -0.1) is 10.2 Å². The molecule has 1 amide bonds. The summed E-state index contributed by atoms with van der Waals surface area (Å²) in [6.45, 7) is 7.23. The average Bonchev–Trinajstić information content (AvgIpc) is 2.72. The van der Waals surface area contributed by atoms with Gasteiger partial charge in [0.1, 0.15) is 0 Å². The average molecular weight is 304 g/mol. The van der Waals surface area contributed by atoms with Gasteiger partial charge in [0.05, 0.1) is 12.4 Å². The molecule has 0 saturated carbocycles. The van der Waals surface area contributed by atoms with Crippen LogP contribution in [-0.4, -0.2) is 47.7 Å². The molecule has 0 aliphatic carbocycles. The molecule has 1 aromatic rings. The van der Waals surface area contributed by atoms with E-state index in [0.29, 0.717) is 18.9 Å². The lowest BCUT2D eigenvalue weighted by molar-refractivity contribution is -0.118. The summed E-state index contributed by atoms with van der Waals surface area (Å²) in [6, 6.07) is 0. The zero-order valence-corrected chi connectivity index (χ0v) is 13.3. The largest absolute Gasteiger partial charge is 0.383 e. The van der Waals surface area contributed by atoms with Crippen LogP contribution in [-0.2, 0) is 9.53 Å². The minimum atomic E-state index is -0.0427. The van der Waals surface area contributed by atoms with Crippen molar-refractivity contribution in [1.82, 2.24) is 15.5 Å². The van der Waals surface area contributed by atoms with Crippen LogP contribution in [0.15, 0.2) is 4.34 Å². The van der Waals surface area contributed by atoms with Gasteiger partial charge in [0.25, 0.3) is 0 Å². The van der Waals surface area contributed by atoms with Crippen LogP contribution in [0.3, 0.4) is 0 Å². The molecule has 1 rings (SSSR count). The SMILES string of the molecule is COCCNC(=O)CSc1nnc(NC(C)(C)C)s1. The summed E-state index contributed by atoms with van der Waals surface area (Å²) >= 11 is 2.84. The molecule has 0 aliphatic rings. The van der Waals surface area contributed by atoms with Crippen molar-refractivity contribution in [2.24, 2.45) is 0 Å². The van der Waals surface area contributed by atoms with E-state index < -0.39 is 0 Å². The van der Waals surface area contributed by atoms with Crippen LogP contribution in [0.1, 0.15) is 20.8 Å². The van der Waals surface area contributed by atoms with E-state index in [4.69, 9.17) is 4.74 Å². The smallest absolute Gasteiger partial charge is 0.230 e. The second kappa shape index (κ2) is 7.66. The molecule has 1 heterocycles. The Labute approximate surface area is 121 Å². The number of ether oxygens (including phenoxy) is 1. The number of carbonyl (C=O) groups is 1. The van der Waals surface area contributed by atoms with Crippen molar-refractivity contribution < 1.29 is 9.53 Å². The Morgan fingerprint density at radius 3 is 2.79 bits per heavy atom. The molecular formula is C11H20N4O2S2. The standard InChI is InChI=1S/C11H20N4O2S2/c1-11(2,3)13-9-14-15-10(19-9)18-7-8(16)12-5-6-17-4/h5-7H2,1-4H3,(H,12,16)(H,13,14). The highest BCUT2D eigenvalue weighted by Crippen LogP contribution is 2.26. The number of aromatic nitrogens is 2. The van der Waals surface area contributed by atoms with Crippen LogP contribution in [0.5, 0.6) is 0 Å². The Morgan fingerprint density at radius 2 is 2.16 bits per heavy atom. The van der Waals surface area contributed by atoms with Gasteiger partial charge in [-0.05, 0) is 20.8 Å². The molecule has 2 N–H and O–H groups in total. The fourth-order valence-electron chi connectivity index (χ4n) is 1.11. The van der Waals surface area contributed by atoms with E-state index in [9.17, 15) is 4.79 Å². The van der Waals surface area contributed by atoms with E-state index in [1.807, 2.05) is 0 Å². The van der Waals surface area contributed by atoms with E-state index in [-0.39, 0.29) is 11.4 Å².